The number of halogens is 3. The van der Waals surface area contributed by atoms with Gasteiger partial charge in [0.1, 0.15) is 6.54 Å². The molecule has 0 atom stereocenters. The predicted molar refractivity (Wildman–Crippen MR) is 98.1 cm³/mol. The molecule has 0 aliphatic rings. The molecule has 0 spiro atoms. The highest BCUT2D eigenvalue weighted by Crippen LogP contribution is 2.29. The summed E-state index contributed by atoms with van der Waals surface area (Å²) in [6.45, 7) is 2.04. The number of hydrogen-bond donors (Lipinski definition) is 1. The molecule has 0 saturated carbocycles. The first-order chi connectivity index (χ1) is 11.4. The van der Waals surface area contributed by atoms with Crippen molar-refractivity contribution in [2.75, 3.05) is 18.4 Å². The number of nitrogens with zero attached hydrogens (tertiary/aromatic N) is 1. The van der Waals surface area contributed by atoms with Gasteiger partial charge >= 0.3 is 0 Å². The van der Waals surface area contributed by atoms with Gasteiger partial charge in [-0.05, 0) is 37.3 Å². The van der Waals surface area contributed by atoms with E-state index in [4.69, 9.17) is 34.8 Å². The molecular formula is C17H15Cl3N2O2. The summed E-state index contributed by atoms with van der Waals surface area (Å²) in [7, 11) is 0. The molecular weight excluding hydrogens is 371 g/mol. The van der Waals surface area contributed by atoms with Crippen LogP contribution in [0.2, 0.25) is 15.1 Å². The van der Waals surface area contributed by atoms with E-state index in [9.17, 15) is 9.59 Å². The molecule has 2 amide bonds. The van der Waals surface area contributed by atoms with Gasteiger partial charge in [0.05, 0.1) is 15.7 Å². The summed E-state index contributed by atoms with van der Waals surface area (Å²) in [6.07, 6.45) is 0. The third-order valence-electron chi connectivity index (χ3n) is 3.30. The van der Waals surface area contributed by atoms with Crippen molar-refractivity contribution in [2.45, 2.75) is 6.92 Å². The Hall–Kier alpha value is -1.75. The molecule has 126 valence electrons. The standard InChI is InChI=1S/C17H15Cl3N2O2/c1-2-22(17(24)11-5-3-6-12(18)9-11)10-15(23)21-16-13(19)7-4-8-14(16)20/h3-9H,2,10H2,1H3,(H,21,23). The number of amides is 2. The number of para-hydroxylation sites is 1. The Morgan fingerprint density at radius 2 is 1.67 bits per heavy atom. The van der Waals surface area contributed by atoms with E-state index < -0.39 is 0 Å². The first kappa shape index (κ1) is 18.6. The van der Waals surface area contributed by atoms with E-state index in [2.05, 4.69) is 5.32 Å². The van der Waals surface area contributed by atoms with Crippen molar-refractivity contribution >= 4 is 52.3 Å². The average molecular weight is 386 g/mol. The maximum atomic E-state index is 12.5. The van der Waals surface area contributed by atoms with Crippen molar-refractivity contribution in [3.8, 4) is 0 Å². The predicted octanol–water partition coefficient (Wildman–Crippen LogP) is 4.75. The lowest BCUT2D eigenvalue weighted by Crippen LogP contribution is -2.37. The van der Waals surface area contributed by atoms with E-state index in [0.717, 1.165) is 0 Å². The molecule has 0 aromatic heterocycles. The summed E-state index contributed by atoms with van der Waals surface area (Å²) >= 11 is 18.0. The number of nitrogens with one attached hydrogen (secondary N) is 1. The van der Waals surface area contributed by atoms with Crippen LogP contribution in [0.5, 0.6) is 0 Å². The molecule has 0 bridgehead atoms. The zero-order valence-corrected chi connectivity index (χ0v) is 15.1. The second kappa shape index (κ2) is 8.38. The van der Waals surface area contributed by atoms with Crippen LogP contribution in [0.1, 0.15) is 17.3 Å². The van der Waals surface area contributed by atoms with Gasteiger partial charge in [0.2, 0.25) is 5.91 Å². The summed E-state index contributed by atoms with van der Waals surface area (Å²) in [5, 5.41) is 3.77. The van der Waals surface area contributed by atoms with Crippen LogP contribution in [0.15, 0.2) is 42.5 Å². The van der Waals surface area contributed by atoms with Crippen LogP contribution in [-0.4, -0.2) is 29.8 Å². The van der Waals surface area contributed by atoms with Crippen molar-refractivity contribution in [2.24, 2.45) is 0 Å². The largest absolute Gasteiger partial charge is 0.330 e. The van der Waals surface area contributed by atoms with E-state index in [1.54, 1.807) is 49.4 Å². The number of carbonyl (C=O) groups is 2. The maximum absolute atomic E-state index is 12.5. The quantitative estimate of drug-likeness (QED) is 0.807. The van der Waals surface area contributed by atoms with Crippen LogP contribution in [0.3, 0.4) is 0 Å². The Balaban J connectivity index is 2.09. The second-order valence-electron chi connectivity index (χ2n) is 4.97. The molecule has 2 aromatic rings. The Kier molecular flexibility index (Phi) is 6.49. The van der Waals surface area contributed by atoms with Crippen LogP contribution in [0.25, 0.3) is 0 Å². The number of rotatable bonds is 5. The SMILES string of the molecule is CCN(CC(=O)Nc1c(Cl)cccc1Cl)C(=O)c1cccc(Cl)c1. The van der Waals surface area contributed by atoms with Gasteiger partial charge in [-0.15, -0.1) is 0 Å². The van der Waals surface area contributed by atoms with Gasteiger partial charge in [0.25, 0.3) is 5.91 Å². The number of carbonyl (C=O) groups excluding carboxylic acids is 2. The highest BCUT2D eigenvalue weighted by Gasteiger charge is 2.18. The van der Waals surface area contributed by atoms with Gasteiger partial charge in [-0.2, -0.15) is 0 Å². The lowest BCUT2D eigenvalue weighted by atomic mass is 10.2. The Bertz CT molecular complexity index is 745. The number of likely N-dealkylation sites (N-methyl/N-ethyl adjacent to an activating group) is 1. The summed E-state index contributed by atoms with van der Waals surface area (Å²) < 4.78 is 0. The van der Waals surface area contributed by atoms with E-state index in [1.807, 2.05) is 0 Å². The first-order valence-corrected chi connectivity index (χ1v) is 8.34. The van der Waals surface area contributed by atoms with Crippen molar-refractivity contribution in [3.63, 3.8) is 0 Å². The highest BCUT2D eigenvalue weighted by atomic mass is 35.5. The molecule has 2 aromatic carbocycles. The van der Waals surface area contributed by atoms with Gasteiger partial charge in [0.15, 0.2) is 0 Å². The Morgan fingerprint density at radius 3 is 2.25 bits per heavy atom. The minimum Gasteiger partial charge on any atom is -0.330 e. The molecule has 1 N–H and O–H groups in total. The van der Waals surface area contributed by atoms with Gasteiger partial charge in [-0.25, -0.2) is 0 Å². The normalized spacial score (nSPS) is 10.3. The molecule has 0 fully saturated rings. The minimum absolute atomic E-state index is 0.122. The molecule has 0 radical (unpaired) electrons. The Labute approximate surface area is 155 Å². The maximum Gasteiger partial charge on any atom is 0.254 e. The van der Waals surface area contributed by atoms with Gasteiger partial charge in [-0.3, -0.25) is 9.59 Å². The molecule has 24 heavy (non-hydrogen) atoms. The fourth-order valence-electron chi connectivity index (χ4n) is 2.10. The fourth-order valence-corrected chi connectivity index (χ4v) is 2.78. The number of benzene rings is 2. The van der Waals surface area contributed by atoms with Crippen LogP contribution in [-0.2, 0) is 4.79 Å². The lowest BCUT2D eigenvalue weighted by molar-refractivity contribution is -0.116. The molecule has 0 aliphatic carbocycles. The van der Waals surface area contributed by atoms with Gasteiger partial charge < -0.3 is 10.2 Å². The summed E-state index contributed by atoms with van der Waals surface area (Å²) in [4.78, 5) is 26.1. The third kappa shape index (κ3) is 4.63. The molecule has 7 heteroatoms. The fraction of sp³-hybridized carbons (Fsp3) is 0.176. The first-order valence-electron chi connectivity index (χ1n) is 7.21. The van der Waals surface area contributed by atoms with E-state index in [1.165, 1.54) is 4.90 Å². The van der Waals surface area contributed by atoms with E-state index in [0.29, 0.717) is 32.9 Å². The van der Waals surface area contributed by atoms with Crippen LogP contribution in [0.4, 0.5) is 5.69 Å². The van der Waals surface area contributed by atoms with Crippen molar-refractivity contribution in [1.29, 1.82) is 0 Å². The van der Waals surface area contributed by atoms with Gasteiger partial charge in [-0.1, -0.05) is 46.9 Å². The molecule has 2 rings (SSSR count). The van der Waals surface area contributed by atoms with Gasteiger partial charge in [0, 0.05) is 17.1 Å². The molecule has 0 heterocycles. The van der Waals surface area contributed by atoms with E-state index in [-0.39, 0.29) is 18.4 Å². The monoisotopic (exact) mass is 384 g/mol. The smallest absolute Gasteiger partial charge is 0.254 e. The highest BCUT2D eigenvalue weighted by molar-refractivity contribution is 6.39. The lowest BCUT2D eigenvalue weighted by Gasteiger charge is -2.21. The Morgan fingerprint density at radius 1 is 1.04 bits per heavy atom. The second-order valence-corrected chi connectivity index (χ2v) is 6.23. The van der Waals surface area contributed by atoms with Crippen molar-refractivity contribution in [3.05, 3.63) is 63.1 Å². The third-order valence-corrected chi connectivity index (χ3v) is 4.17. The molecule has 0 aliphatic heterocycles. The zero-order chi connectivity index (χ0) is 17.7. The van der Waals surface area contributed by atoms with E-state index >= 15 is 0 Å². The molecule has 0 unspecified atom stereocenters. The summed E-state index contributed by atoms with van der Waals surface area (Å²) in [5.41, 5.74) is 0.755. The average Bonchev–Trinajstić information content (AvgIpc) is 2.55. The number of hydrogen-bond acceptors (Lipinski definition) is 2. The van der Waals surface area contributed by atoms with Crippen molar-refractivity contribution in [1.82, 2.24) is 4.90 Å². The summed E-state index contributed by atoms with van der Waals surface area (Å²) in [6, 6.07) is 11.5. The zero-order valence-electron chi connectivity index (χ0n) is 12.9. The van der Waals surface area contributed by atoms with Crippen LogP contribution < -0.4 is 5.32 Å². The summed E-state index contributed by atoms with van der Waals surface area (Å²) in [5.74, 6) is -0.664. The van der Waals surface area contributed by atoms with Crippen LogP contribution >= 0.6 is 34.8 Å². The minimum atomic E-state index is -0.387. The topological polar surface area (TPSA) is 49.4 Å². The number of anilines is 1. The van der Waals surface area contributed by atoms with Crippen LogP contribution in [0, 0.1) is 0 Å². The van der Waals surface area contributed by atoms with Crippen molar-refractivity contribution < 1.29 is 9.59 Å². The molecule has 0 saturated heterocycles. The molecule has 4 nitrogen and oxygen atoms in total.